The average Bonchev–Trinajstić information content (AvgIpc) is 2.29. The zero-order valence-electron chi connectivity index (χ0n) is 9.23. The summed E-state index contributed by atoms with van der Waals surface area (Å²) in [6, 6.07) is 0. The fourth-order valence-electron chi connectivity index (χ4n) is 1.92. The maximum Gasteiger partial charge on any atom is 0.195 e. The summed E-state index contributed by atoms with van der Waals surface area (Å²) < 4.78 is 5.31. The summed E-state index contributed by atoms with van der Waals surface area (Å²) in [7, 11) is 1.63. The van der Waals surface area contributed by atoms with E-state index in [2.05, 4.69) is 16.4 Å². The molecule has 2 aliphatic rings. The number of nitrogens with one attached hydrogen (secondary N) is 1. The quantitative estimate of drug-likeness (QED) is 0.625. The van der Waals surface area contributed by atoms with Crippen molar-refractivity contribution in [2.24, 2.45) is 16.5 Å². The summed E-state index contributed by atoms with van der Waals surface area (Å²) in [6.07, 6.45) is 9.26. The van der Waals surface area contributed by atoms with Crippen molar-refractivity contribution >= 4 is 5.96 Å². The van der Waals surface area contributed by atoms with Crippen molar-refractivity contribution in [1.29, 1.82) is 0 Å². The summed E-state index contributed by atoms with van der Waals surface area (Å²) in [5.41, 5.74) is 11.9. The number of allylic oxidation sites excluding steroid dienone is 2. The first-order valence-corrected chi connectivity index (χ1v) is 5.18. The predicted molar refractivity (Wildman–Crippen MR) is 63.2 cm³/mol. The van der Waals surface area contributed by atoms with Crippen LogP contribution in [0.3, 0.4) is 0 Å². The van der Waals surface area contributed by atoms with E-state index < -0.39 is 5.66 Å². The molecule has 0 saturated heterocycles. The number of guanidine groups is 1. The third kappa shape index (κ3) is 1.81. The minimum absolute atomic E-state index is 0.322. The molecule has 1 unspecified atom stereocenters. The molecule has 86 valence electrons. The Balaban J connectivity index is 2.42. The zero-order valence-corrected chi connectivity index (χ0v) is 9.23. The van der Waals surface area contributed by atoms with Crippen molar-refractivity contribution < 1.29 is 4.74 Å². The zero-order chi connectivity index (χ0) is 11.6. The minimum Gasteiger partial charge on any atom is -0.497 e. The van der Waals surface area contributed by atoms with Crippen molar-refractivity contribution in [2.75, 3.05) is 7.11 Å². The molecular weight excluding hydrogens is 204 g/mol. The Kier molecular flexibility index (Phi) is 2.70. The van der Waals surface area contributed by atoms with Crippen LogP contribution in [0, 0.1) is 0 Å². The maximum absolute atomic E-state index is 6.22. The molecule has 16 heavy (non-hydrogen) atoms. The van der Waals surface area contributed by atoms with Gasteiger partial charge >= 0.3 is 0 Å². The van der Waals surface area contributed by atoms with E-state index in [1.54, 1.807) is 19.4 Å². The molecule has 5 N–H and O–H groups in total. The lowest BCUT2D eigenvalue weighted by molar-refractivity contribution is 0.292. The molecule has 0 fully saturated rings. The highest BCUT2D eigenvalue weighted by molar-refractivity contribution is 5.81. The lowest BCUT2D eigenvalue weighted by Crippen LogP contribution is -2.46. The van der Waals surface area contributed by atoms with Gasteiger partial charge in [-0.05, 0) is 25.0 Å². The highest BCUT2D eigenvalue weighted by atomic mass is 16.5. The first kappa shape index (κ1) is 10.8. The van der Waals surface area contributed by atoms with Crippen molar-refractivity contribution in [3.8, 4) is 0 Å². The van der Waals surface area contributed by atoms with Crippen molar-refractivity contribution in [3.05, 3.63) is 35.8 Å². The van der Waals surface area contributed by atoms with Gasteiger partial charge in [0.2, 0.25) is 0 Å². The molecule has 5 nitrogen and oxygen atoms in total. The Morgan fingerprint density at radius 3 is 3.06 bits per heavy atom. The third-order valence-corrected chi connectivity index (χ3v) is 2.71. The summed E-state index contributed by atoms with van der Waals surface area (Å²) in [4.78, 5) is 4.24. The van der Waals surface area contributed by atoms with Gasteiger partial charge in [-0.2, -0.15) is 0 Å². The summed E-state index contributed by atoms with van der Waals surface area (Å²) >= 11 is 0. The number of rotatable bonds is 2. The van der Waals surface area contributed by atoms with Crippen LogP contribution in [-0.4, -0.2) is 18.7 Å². The number of aliphatic imine (C=N–C) groups is 1. The Labute approximate surface area is 94.5 Å². The highest BCUT2D eigenvalue weighted by Gasteiger charge is 2.31. The van der Waals surface area contributed by atoms with Crippen LogP contribution < -0.4 is 16.8 Å². The molecule has 5 heteroatoms. The van der Waals surface area contributed by atoms with Crippen LogP contribution in [0.1, 0.15) is 12.8 Å². The van der Waals surface area contributed by atoms with Gasteiger partial charge in [0.05, 0.1) is 7.11 Å². The number of hydrogen-bond acceptors (Lipinski definition) is 5. The van der Waals surface area contributed by atoms with Crippen LogP contribution >= 0.6 is 0 Å². The first-order chi connectivity index (χ1) is 7.65. The second-order valence-corrected chi connectivity index (χ2v) is 3.79. The number of methoxy groups -OCH3 is 1. The number of ether oxygens (including phenoxy) is 1. The Hall–Kier alpha value is -1.75. The second kappa shape index (κ2) is 4.02. The fourth-order valence-corrected chi connectivity index (χ4v) is 1.92. The van der Waals surface area contributed by atoms with Gasteiger partial charge < -0.3 is 21.5 Å². The van der Waals surface area contributed by atoms with Crippen LogP contribution in [-0.2, 0) is 4.74 Å². The van der Waals surface area contributed by atoms with E-state index in [-0.39, 0.29) is 0 Å². The molecule has 1 heterocycles. The van der Waals surface area contributed by atoms with Crippen molar-refractivity contribution in [2.45, 2.75) is 18.5 Å². The molecule has 1 atom stereocenters. The molecule has 1 aliphatic carbocycles. The van der Waals surface area contributed by atoms with Gasteiger partial charge in [-0.25, -0.2) is 4.99 Å². The molecule has 0 spiro atoms. The monoisotopic (exact) mass is 220 g/mol. The normalized spacial score (nSPS) is 28.8. The molecule has 2 rings (SSSR count). The minimum atomic E-state index is -0.883. The Morgan fingerprint density at radius 1 is 1.56 bits per heavy atom. The Morgan fingerprint density at radius 2 is 2.38 bits per heavy atom. The largest absolute Gasteiger partial charge is 0.497 e. The van der Waals surface area contributed by atoms with Gasteiger partial charge in [0, 0.05) is 11.8 Å². The summed E-state index contributed by atoms with van der Waals surface area (Å²) in [5.74, 6) is 1.10. The molecule has 0 saturated carbocycles. The molecular formula is C11H16N4O. The van der Waals surface area contributed by atoms with E-state index in [4.69, 9.17) is 16.2 Å². The van der Waals surface area contributed by atoms with Gasteiger partial charge in [-0.15, -0.1) is 0 Å². The third-order valence-electron chi connectivity index (χ3n) is 2.71. The average molecular weight is 220 g/mol. The molecule has 1 aliphatic heterocycles. The molecule has 0 aromatic heterocycles. The van der Waals surface area contributed by atoms with E-state index in [0.717, 1.165) is 24.2 Å². The lowest BCUT2D eigenvalue weighted by atomic mass is 9.91. The SMILES string of the molecule is COC1=C(C2(N)C=CNC(N)=N2)CCC=C1. The fraction of sp³-hybridized carbons (Fsp3) is 0.364. The van der Waals surface area contributed by atoms with E-state index in [1.807, 2.05) is 6.08 Å². The lowest BCUT2D eigenvalue weighted by Gasteiger charge is -2.30. The van der Waals surface area contributed by atoms with E-state index >= 15 is 0 Å². The van der Waals surface area contributed by atoms with Crippen molar-refractivity contribution in [3.63, 3.8) is 0 Å². The molecule has 0 amide bonds. The van der Waals surface area contributed by atoms with Crippen LogP contribution in [0.15, 0.2) is 40.8 Å². The standard InChI is InChI=1S/C11H16N4O/c1-16-9-5-3-2-4-8(9)11(13)6-7-14-10(12)15-11/h3,5-7H,2,4,13H2,1H3,(H3,12,14,15). The summed E-state index contributed by atoms with van der Waals surface area (Å²) in [5, 5.41) is 2.79. The first-order valence-electron chi connectivity index (χ1n) is 5.18. The Bertz CT molecular complexity index is 408. The molecule has 0 radical (unpaired) electrons. The highest BCUT2D eigenvalue weighted by Crippen LogP contribution is 2.30. The van der Waals surface area contributed by atoms with Gasteiger partial charge in [0.25, 0.3) is 0 Å². The van der Waals surface area contributed by atoms with E-state index in [9.17, 15) is 0 Å². The van der Waals surface area contributed by atoms with Gasteiger partial charge in [0.15, 0.2) is 11.6 Å². The van der Waals surface area contributed by atoms with Crippen LogP contribution in [0.4, 0.5) is 0 Å². The second-order valence-electron chi connectivity index (χ2n) is 3.79. The molecule has 0 bridgehead atoms. The topological polar surface area (TPSA) is 85.7 Å². The van der Waals surface area contributed by atoms with Crippen LogP contribution in [0.2, 0.25) is 0 Å². The van der Waals surface area contributed by atoms with Gasteiger partial charge in [-0.3, -0.25) is 0 Å². The van der Waals surface area contributed by atoms with Crippen molar-refractivity contribution in [1.82, 2.24) is 5.32 Å². The van der Waals surface area contributed by atoms with E-state index in [1.165, 1.54) is 0 Å². The number of hydrogen-bond donors (Lipinski definition) is 3. The van der Waals surface area contributed by atoms with Crippen LogP contribution in [0.5, 0.6) is 0 Å². The maximum atomic E-state index is 6.22. The molecule has 0 aromatic rings. The smallest absolute Gasteiger partial charge is 0.195 e. The predicted octanol–water partition coefficient (Wildman–Crippen LogP) is 0.323. The van der Waals surface area contributed by atoms with Crippen LogP contribution in [0.25, 0.3) is 0 Å². The molecule has 0 aromatic carbocycles. The van der Waals surface area contributed by atoms with Gasteiger partial charge in [-0.1, -0.05) is 6.08 Å². The number of nitrogens with zero attached hydrogens (tertiary/aromatic N) is 1. The van der Waals surface area contributed by atoms with Gasteiger partial charge in [0.1, 0.15) is 5.76 Å². The van der Waals surface area contributed by atoms with E-state index in [0.29, 0.717) is 5.96 Å². The summed E-state index contributed by atoms with van der Waals surface area (Å²) in [6.45, 7) is 0. The number of nitrogens with two attached hydrogens (primary N) is 2.